The first-order valence-corrected chi connectivity index (χ1v) is 10.3. The molecule has 2 aromatic heterocycles. The van der Waals surface area contributed by atoms with Crippen molar-refractivity contribution in [1.29, 1.82) is 0 Å². The molecule has 5 rings (SSSR count). The first-order valence-electron chi connectivity index (χ1n) is 10.3. The third kappa shape index (κ3) is 3.58. The fourth-order valence-corrected chi connectivity index (χ4v) is 4.11. The lowest BCUT2D eigenvalue weighted by Gasteiger charge is -2.33. The zero-order chi connectivity index (χ0) is 20.5. The van der Waals surface area contributed by atoms with Crippen LogP contribution in [0, 0.1) is 0 Å². The second-order valence-corrected chi connectivity index (χ2v) is 7.72. The molecule has 3 aromatic rings. The Labute approximate surface area is 173 Å². The van der Waals surface area contributed by atoms with Crippen molar-refractivity contribution in [2.45, 2.75) is 38.1 Å². The maximum Gasteiger partial charge on any atom is 0.247 e. The van der Waals surface area contributed by atoms with E-state index in [0.717, 1.165) is 41.5 Å². The van der Waals surface area contributed by atoms with E-state index in [0.29, 0.717) is 31.1 Å². The molecule has 0 radical (unpaired) electrons. The Morgan fingerprint density at radius 1 is 1.23 bits per heavy atom. The van der Waals surface area contributed by atoms with Crippen molar-refractivity contribution in [3.63, 3.8) is 0 Å². The SMILES string of the molecule is O=C1CCc2cc(C=CC(=O)N3CCCCC3c3nc4ccccc4o3)cnc2N1. The number of para-hydroxylation sites is 2. The van der Waals surface area contributed by atoms with Crippen LogP contribution in [0.5, 0.6) is 0 Å². The molecule has 1 atom stereocenters. The zero-order valence-corrected chi connectivity index (χ0v) is 16.5. The van der Waals surface area contributed by atoms with Gasteiger partial charge >= 0.3 is 0 Å². The van der Waals surface area contributed by atoms with Crippen molar-refractivity contribution >= 4 is 34.8 Å². The Hall–Kier alpha value is -3.48. The molecule has 152 valence electrons. The molecule has 0 bridgehead atoms. The highest BCUT2D eigenvalue weighted by molar-refractivity contribution is 5.94. The number of hydrogen-bond acceptors (Lipinski definition) is 5. The van der Waals surface area contributed by atoms with Gasteiger partial charge in [-0.1, -0.05) is 12.1 Å². The number of aryl methyl sites for hydroxylation is 1. The number of carbonyl (C=O) groups excluding carboxylic acids is 2. The summed E-state index contributed by atoms with van der Waals surface area (Å²) in [5, 5.41) is 2.77. The van der Waals surface area contributed by atoms with Gasteiger partial charge in [-0.15, -0.1) is 0 Å². The van der Waals surface area contributed by atoms with E-state index in [-0.39, 0.29) is 17.9 Å². The van der Waals surface area contributed by atoms with Crippen molar-refractivity contribution < 1.29 is 14.0 Å². The minimum Gasteiger partial charge on any atom is -0.438 e. The van der Waals surface area contributed by atoms with Gasteiger partial charge in [-0.05, 0) is 61.1 Å². The van der Waals surface area contributed by atoms with Crippen LogP contribution >= 0.6 is 0 Å². The number of pyridine rings is 1. The van der Waals surface area contributed by atoms with Crippen LogP contribution in [0.15, 0.2) is 47.0 Å². The highest BCUT2D eigenvalue weighted by atomic mass is 16.3. The summed E-state index contributed by atoms with van der Waals surface area (Å²) in [5.74, 6) is 1.14. The summed E-state index contributed by atoms with van der Waals surface area (Å²) in [6.45, 7) is 0.682. The molecule has 1 aromatic carbocycles. The van der Waals surface area contributed by atoms with Gasteiger partial charge in [-0.3, -0.25) is 9.59 Å². The summed E-state index contributed by atoms with van der Waals surface area (Å²) in [6.07, 6.45) is 9.01. The molecular formula is C23H22N4O3. The standard InChI is InChI=1S/C23H22N4O3/c28-20-10-9-16-13-15(14-24-22(16)26-20)8-11-21(29)27-12-4-3-6-18(27)23-25-17-5-1-2-7-19(17)30-23/h1-2,5,7-8,11,13-14,18H,3-4,6,9-10,12H2,(H,24,26,28). The first-order chi connectivity index (χ1) is 14.7. The van der Waals surface area contributed by atoms with Crippen molar-refractivity contribution in [2.24, 2.45) is 0 Å². The second kappa shape index (κ2) is 7.74. The zero-order valence-electron chi connectivity index (χ0n) is 16.5. The number of piperidine rings is 1. The van der Waals surface area contributed by atoms with E-state index in [1.165, 1.54) is 0 Å². The van der Waals surface area contributed by atoms with Crippen molar-refractivity contribution in [3.8, 4) is 0 Å². The lowest BCUT2D eigenvalue weighted by Crippen LogP contribution is -2.37. The van der Waals surface area contributed by atoms with Gasteiger partial charge in [0.05, 0.1) is 0 Å². The van der Waals surface area contributed by atoms with Crippen LogP contribution in [-0.4, -0.2) is 33.2 Å². The van der Waals surface area contributed by atoms with Gasteiger partial charge in [-0.25, -0.2) is 9.97 Å². The largest absolute Gasteiger partial charge is 0.438 e. The normalized spacial score (nSPS) is 19.1. The molecule has 30 heavy (non-hydrogen) atoms. The van der Waals surface area contributed by atoms with Crippen LogP contribution in [0.4, 0.5) is 5.82 Å². The number of carbonyl (C=O) groups is 2. The summed E-state index contributed by atoms with van der Waals surface area (Å²) in [5.41, 5.74) is 3.39. The maximum atomic E-state index is 13.0. The highest BCUT2D eigenvalue weighted by Crippen LogP contribution is 2.32. The fraction of sp³-hybridized carbons (Fsp3) is 0.304. The van der Waals surface area contributed by atoms with Crippen molar-refractivity contribution in [3.05, 3.63) is 59.6 Å². The molecule has 1 unspecified atom stereocenters. The van der Waals surface area contributed by atoms with Crippen LogP contribution in [0.2, 0.25) is 0 Å². The number of fused-ring (bicyclic) bond motifs is 2. The Bertz CT molecular complexity index is 1120. The van der Waals surface area contributed by atoms with Gasteiger partial charge in [0.25, 0.3) is 0 Å². The smallest absolute Gasteiger partial charge is 0.247 e. The number of anilines is 1. The van der Waals surface area contributed by atoms with E-state index in [1.54, 1.807) is 18.3 Å². The number of hydrogen-bond donors (Lipinski definition) is 1. The molecule has 0 saturated carbocycles. The average Bonchev–Trinajstić information content (AvgIpc) is 3.21. The van der Waals surface area contributed by atoms with Gasteiger partial charge in [-0.2, -0.15) is 0 Å². The Morgan fingerprint density at radius 2 is 2.13 bits per heavy atom. The second-order valence-electron chi connectivity index (χ2n) is 7.72. The summed E-state index contributed by atoms with van der Waals surface area (Å²) in [7, 11) is 0. The predicted octanol–water partition coefficient (Wildman–Crippen LogP) is 3.87. The molecule has 2 aliphatic heterocycles. The van der Waals surface area contributed by atoms with Gasteiger partial charge < -0.3 is 14.6 Å². The Morgan fingerprint density at radius 3 is 3.03 bits per heavy atom. The van der Waals surface area contributed by atoms with Crippen LogP contribution in [0.1, 0.15) is 48.7 Å². The topological polar surface area (TPSA) is 88.3 Å². The van der Waals surface area contributed by atoms with Gasteiger partial charge in [0, 0.05) is 25.2 Å². The summed E-state index contributed by atoms with van der Waals surface area (Å²) in [6, 6.07) is 9.48. The van der Waals surface area contributed by atoms with E-state index in [9.17, 15) is 9.59 Å². The number of aromatic nitrogens is 2. The summed E-state index contributed by atoms with van der Waals surface area (Å²) in [4.78, 5) is 35.2. The number of benzene rings is 1. The monoisotopic (exact) mass is 402 g/mol. The minimum absolute atomic E-state index is 0.0104. The summed E-state index contributed by atoms with van der Waals surface area (Å²) >= 11 is 0. The van der Waals surface area contributed by atoms with E-state index in [1.807, 2.05) is 35.2 Å². The molecule has 2 amide bonds. The van der Waals surface area contributed by atoms with Crippen LogP contribution in [0.3, 0.4) is 0 Å². The van der Waals surface area contributed by atoms with Crippen LogP contribution in [-0.2, 0) is 16.0 Å². The molecule has 0 spiro atoms. The van der Waals surface area contributed by atoms with Crippen molar-refractivity contribution in [1.82, 2.24) is 14.9 Å². The Kier molecular flexibility index (Phi) is 4.78. The molecule has 1 N–H and O–H groups in total. The molecule has 0 aliphatic carbocycles. The van der Waals surface area contributed by atoms with E-state index < -0.39 is 0 Å². The average molecular weight is 402 g/mol. The van der Waals surface area contributed by atoms with Crippen molar-refractivity contribution in [2.75, 3.05) is 11.9 Å². The first kappa shape index (κ1) is 18.5. The van der Waals surface area contributed by atoms with E-state index in [2.05, 4.69) is 15.3 Å². The third-order valence-electron chi connectivity index (χ3n) is 5.67. The lowest BCUT2D eigenvalue weighted by atomic mass is 10.0. The van der Waals surface area contributed by atoms with Crippen LogP contribution in [0.25, 0.3) is 17.2 Å². The number of likely N-dealkylation sites (tertiary alicyclic amines) is 1. The highest BCUT2D eigenvalue weighted by Gasteiger charge is 2.30. The number of rotatable bonds is 3. The van der Waals surface area contributed by atoms with E-state index in [4.69, 9.17) is 4.42 Å². The molecule has 1 saturated heterocycles. The minimum atomic E-state index is -0.153. The maximum absolute atomic E-state index is 13.0. The van der Waals surface area contributed by atoms with E-state index >= 15 is 0 Å². The van der Waals surface area contributed by atoms with Gasteiger partial charge in [0.1, 0.15) is 17.4 Å². The molecule has 7 heteroatoms. The third-order valence-corrected chi connectivity index (χ3v) is 5.67. The number of amides is 2. The predicted molar refractivity (Wildman–Crippen MR) is 113 cm³/mol. The molecule has 4 heterocycles. The summed E-state index contributed by atoms with van der Waals surface area (Å²) < 4.78 is 5.95. The molecular weight excluding hydrogens is 380 g/mol. The number of nitrogens with one attached hydrogen (secondary N) is 1. The fourth-order valence-electron chi connectivity index (χ4n) is 4.11. The molecule has 2 aliphatic rings. The van der Waals surface area contributed by atoms with Gasteiger partial charge in [0.2, 0.25) is 17.7 Å². The number of oxazole rings is 1. The van der Waals surface area contributed by atoms with Gasteiger partial charge in [0.15, 0.2) is 5.58 Å². The molecule has 1 fully saturated rings. The Balaban J connectivity index is 1.35. The quantitative estimate of drug-likeness (QED) is 0.672. The van der Waals surface area contributed by atoms with Crippen LogP contribution < -0.4 is 5.32 Å². The molecule has 7 nitrogen and oxygen atoms in total. The lowest BCUT2D eigenvalue weighted by molar-refractivity contribution is -0.130. The number of nitrogens with zero attached hydrogens (tertiary/aromatic N) is 3.